The van der Waals surface area contributed by atoms with Crippen molar-refractivity contribution in [1.29, 1.82) is 0 Å². The Morgan fingerprint density at radius 1 is 1.04 bits per heavy atom. The largest absolute Gasteiger partial charge is 0.448 e. The second kappa shape index (κ2) is 7.30. The highest BCUT2D eigenvalue weighted by Gasteiger charge is 2.42. The summed E-state index contributed by atoms with van der Waals surface area (Å²) in [5.74, 6) is -1.42. The van der Waals surface area contributed by atoms with E-state index in [0.717, 1.165) is 37.8 Å². The summed E-state index contributed by atoms with van der Waals surface area (Å²) in [5, 5.41) is 5.32. The molecule has 0 aromatic heterocycles. The first-order chi connectivity index (χ1) is 13.5. The van der Waals surface area contributed by atoms with Crippen molar-refractivity contribution >= 4 is 17.3 Å². The first-order valence-corrected chi connectivity index (χ1v) is 9.49. The molecule has 148 valence electrons. The molecule has 0 radical (unpaired) electrons. The van der Waals surface area contributed by atoms with Crippen LogP contribution in [-0.2, 0) is 4.79 Å². The van der Waals surface area contributed by atoms with E-state index in [4.69, 9.17) is 9.47 Å². The van der Waals surface area contributed by atoms with Gasteiger partial charge in [-0.15, -0.1) is 0 Å². The molecule has 0 unspecified atom stereocenters. The molecule has 1 fully saturated rings. The van der Waals surface area contributed by atoms with Crippen LogP contribution in [0.5, 0.6) is 11.5 Å². The van der Waals surface area contributed by atoms with Crippen LogP contribution < -0.4 is 20.1 Å². The van der Waals surface area contributed by atoms with Gasteiger partial charge in [-0.3, -0.25) is 4.79 Å². The van der Waals surface area contributed by atoms with E-state index in [2.05, 4.69) is 10.6 Å². The number of ether oxygens (including phenoxy) is 2. The van der Waals surface area contributed by atoms with Gasteiger partial charge in [-0.05, 0) is 44.0 Å². The van der Waals surface area contributed by atoms with E-state index in [1.807, 2.05) is 6.07 Å². The molecule has 1 heterocycles. The molecule has 7 heteroatoms. The number of benzene rings is 2. The number of anilines is 2. The van der Waals surface area contributed by atoms with Crippen molar-refractivity contribution in [2.45, 2.75) is 50.9 Å². The minimum absolute atomic E-state index is 0.453. The number of rotatable bonds is 4. The number of halogens is 2. The summed E-state index contributed by atoms with van der Waals surface area (Å²) in [6.07, 6.45) is 5.05. The van der Waals surface area contributed by atoms with Gasteiger partial charge in [-0.25, -0.2) is 8.78 Å². The van der Waals surface area contributed by atoms with Gasteiger partial charge in [-0.2, -0.15) is 0 Å². The molecule has 1 aliphatic carbocycles. The Morgan fingerprint density at radius 3 is 2.43 bits per heavy atom. The minimum atomic E-state index is -0.818. The van der Waals surface area contributed by atoms with Gasteiger partial charge in [0.25, 0.3) is 5.79 Å². The van der Waals surface area contributed by atoms with Crippen molar-refractivity contribution in [3.05, 3.63) is 48.0 Å². The summed E-state index contributed by atoms with van der Waals surface area (Å²) < 4.78 is 39.6. The molecule has 1 aliphatic heterocycles. The maximum Gasteiger partial charge on any atom is 0.251 e. The number of carbonyl (C=O) groups is 1. The molecule has 2 aromatic rings. The van der Waals surface area contributed by atoms with Gasteiger partial charge in [0, 0.05) is 24.6 Å². The molecule has 1 amide bonds. The highest BCUT2D eigenvalue weighted by molar-refractivity contribution is 5.96. The van der Waals surface area contributed by atoms with E-state index in [-0.39, 0.29) is 0 Å². The Morgan fingerprint density at radius 2 is 1.71 bits per heavy atom. The lowest BCUT2D eigenvalue weighted by atomic mass is 9.94. The standard InChI is InChI=1S/C21H22F2N2O3/c1-13(20(26)25-19-15(22)6-5-7-16(19)23)24-14-8-9-17-18(12-14)28-21(27-17)10-3-2-4-11-21/h5-9,12-13,24H,2-4,10-11H2,1H3,(H,25,26)/t13-/m1/s1. The van der Waals surface area contributed by atoms with Crippen molar-refractivity contribution in [2.24, 2.45) is 0 Å². The van der Waals surface area contributed by atoms with Crippen molar-refractivity contribution in [1.82, 2.24) is 0 Å². The highest BCUT2D eigenvalue weighted by atomic mass is 19.1. The van der Waals surface area contributed by atoms with Gasteiger partial charge in [-0.1, -0.05) is 12.5 Å². The fourth-order valence-corrected chi connectivity index (χ4v) is 3.64. The summed E-state index contributed by atoms with van der Waals surface area (Å²) >= 11 is 0. The van der Waals surface area contributed by atoms with E-state index in [1.54, 1.807) is 19.1 Å². The van der Waals surface area contributed by atoms with Gasteiger partial charge in [0.05, 0.1) is 0 Å². The molecule has 4 rings (SSSR count). The molecule has 0 bridgehead atoms. The fourth-order valence-electron chi connectivity index (χ4n) is 3.64. The van der Waals surface area contributed by atoms with Crippen LogP contribution in [0.2, 0.25) is 0 Å². The van der Waals surface area contributed by atoms with Gasteiger partial charge in [0.2, 0.25) is 5.91 Å². The third kappa shape index (κ3) is 3.61. The quantitative estimate of drug-likeness (QED) is 0.787. The van der Waals surface area contributed by atoms with E-state index in [9.17, 15) is 13.6 Å². The average Bonchev–Trinajstić information content (AvgIpc) is 3.01. The van der Waals surface area contributed by atoms with Gasteiger partial charge in [0.1, 0.15) is 23.4 Å². The predicted octanol–water partition coefficient (Wildman–Crippen LogP) is 4.84. The molecular formula is C21H22F2N2O3. The molecule has 1 spiro atoms. The maximum atomic E-state index is 13.7. The number of hydrogen-bond donors (Lipinski definition) is 2. The maximum absolute atomic E-state index is 13.7. The SMILES string of the molecule is C[C@@H](Nc1ccc2c(c1)OC1(CCCCC1)O2)C(=O)Nc1c(F)cccc1F. The fraction of sp³-hybridized carbons (Fsp3) is 0.381. The Bertz CT molecular complexity index is 877. The molecule has 2 aliphatic rings. The summed E-state index contributed by atoms with van der Waals surface area (Å²) in [6.45, 7) is 1.61. The molecule has 5 nitrogen and oxygen atoms in total. The second-order valence-corrected chi connectivity index (χ2v) is 7.29. The first kappa shape index (κ1) is 18.5. The van der Waals surface area contributed by atoms with Crippen LogP contribution in [0.1, 0.15) is 39.0 Å². The lowest BCUT2D eigenvalue weighted by Gasteiger charge is -2.31. The second-order valence-electron chi connectivity index (χ2n) is 7.29. The molecule has 28 heavy (non-hydrogen) atoms. The zero-order valence-electron chi connectivity index (χ0n) is 15.6. The van der Waals surface area contributed by atoms with Gasteiger partial charge >= 0.3 is 0 Å². The number of para-hydroxylation sites is 1. The van der Waals surface area contributed by atoms with Crippen molar-refractivity contribution < 1.29 is 23.0 Å². The Labute approximate surface area is 162 Å². The normalized spacial score (nSPS) is 18.0. The van der Waals surface area contributed by atoms with Crippen molar-refractivity contribution in [3.63, 3.8) is 0 Å². The third-order valence-electron chi connectivity index (χ3n) is 5.14. The van der Waals surface area contributed by atoms with E-state index in [0.29, 0.717) is 17.2 Å². The van der Waals surface area contributed by atoms with Crippen LogP contribution >= 0.6 is 0 Å². The number of hydrogen-bond acceptors (Lipinski definition) is 4. The lowest BCUT2D eigenvalue weighted by Crippen LogP contribution is -2.40. The first-order valence-electron chi connectivity index (χ1n) is 9.49. The molecular weight excluding hydrogens is 366 g/mol. The zero-order valence-corrected chi connectivity index (χ0v) is 15.6. The van der Waals surface area contributed by atoms with Crippen molar-refractivity contribution in [2.75, 3.05) is 10.6 Å². The summed E-state index contributed by atoms with van der Waals surface area (Å²) in [6, 6.07) is 8.09. The van der Waals surface area contributed by atoms with E-state index < -0.39 is 35.1 Å². The lowest BCUT2D eigenvalue weighted by molar-refractivity contribution is -0.116. The zero-order chi connectivity index (χ0) is 19.7. The average molecular weight is 388 g/mol. The number of fused-ring (bicyclic) bond motifs is 1. The summed E-state index contributed by atoms with van der Waals surface area (Å²) in [4.78, 5) is 12.3. The predicted molar refractivity (Wildman–Crippen MR) is 102 cm³/mol. The topological polar surface area (TPSA) is 59.6 Å². The van der Waals surface area contributed by atoms with Crippen LogP contribution in [0.15, 0.2) is 36.4 Å². The smallest absolute Gasteiger partial charge is 0.251 e. The molecule has 2 N–H and O–H groups in total. The van der Waals surface area contributed by atoms with E-state index in [1.165, 1.54) is 12.5 Å². The molecule has 2 aromatic carbocycles. The minimum Gasteiger partial charge on any atom is -0.448 e. The number of nitrogens with one attached hydrogen (secondary N) is 2. The Kier molecular flexibility index (Phi) is 4.83. The third-order valence-corrected chi connectivity index (χ3v) is 5.14. The van der Waals surface area contributed by atoms with Gasteiger partial charge < -0.3 is 20.1 Å². The van der Waals surface area contributed by atoms with Gasteiger partial charge in [0.15, 0.2) is 11.5 Å². The Hall–Kier alpha value is -2.83. The Balaban J connectivity index is 1.42. The summed E-state index contributed by atoms with van der Waals surface area (Å²) in [5.41, 5.74) is 0.206. The van der Waals surface area contributed by atoms with Crippen LogP contribution in [0.3, 0.4) is 0 Å². The number of carbonyl (C=O) groups excluding carboxylic acids is 1. The molecule has 1 atom stereocenters. The van der Waals surface area contributed by atoms with E-state index >= 15 is 0 Å². The van der Waals surface area contributed by atoms with Crippen LogP contribution in [-0.4, -0.2) is 17.7 Å². The molecule has 0 saturated heterocycles. The highest BCUT2D eigenvalue weighted by Crippen LogP contribution is 2.46. The monoisotopic (exact) mass is 388 g/mol. The summed E-state index contributed by atoms with van der Waals surface area (Å²) in [7, 11) is 0. The molecule has 1 saturated carbocycles. The van der Waals surface area contributed by atoms with Crippen LogP contribution in [0.25, 0.3) is 0 Å². The number of amides is 1. The van der Waals surface area contributed by atoms with Crippen LogP contribution in [0, 0.1) is 11.6 Å². The van der Waals surface area contributed by atoms with Crippen LogP contribution in [0.4, 0.5) is 20.2 Å². The van der Waals surface area contributed by atoms with Crippen molar-refractivity contribution in [3.8, 4) is 11.5 Å².